The van der Waals surface area contributed by atoms with Crippen LogP contribution in [-0.2, 0) is 13.1 Å². The minimum absolute atomic E-state index is 0. The normalized spacial score (nSPS) is 18.8. The van der Waals surface area contributed by atoms with Crippen molar-refractivity contribution >= 4 is 41.1 Å². The molecule has 0 bridgehead atoms. The Hall–Kier alpha value is -0.540. The molecule has 1 aromatic rings. The highest BCUT2D eigenvalue weighted by Gasteiger charge is 2.36. The van der Waals surface area contributed by atoms with Gasteiger partial charge in [-0.15, -0.1) is 12.4 Å². The van der Waals surface area contributed by atoms with Gasteiger partial charge in [-0.1, -0.05) is 0 Å². The zero-order valence-electron chi connectivity index (χ0n) is 9.60. The summed E-state index contributed by atoms with van der Waals surface area (Å²) in [5.41, 5.74) is 1.24. The molecular formula is C10H14ClIN4O2. The standard InChI is InChI=1S/C10H13IN4O2.ClH/c11-8-7-3-12-1-2-15(7)9(13-8)6-4-14(5-6)10(16)17;/h6,12H,1-5H2,(H,16,17);1H. The number of carboxylic acid groups (broad SMARTS) is 1. The third-order valence-corrected chi connectivity index (χ3v) is 4.24. The molecule has 1 saturated heterocycles. The van der Waals surface area contributed by atoms with Gasteiger partial charge in [0.15, 0.2) is 0 Å². The topological polar surface area (TPSA) is 70.4 Å². The second-order valence-electron chi connectivity index (χ2n) is 4.42. The van der Waals surface area contributed by atoms with Crippen LogP contribution in [0.25, 0.3) is 0 Å². The summed E-state index contributed by atoms with van der Waals surface area (Å²) in [6.45, 7) is 3.91. The molecule has 2 aliphatic heterocycles. The molecular weight excluding hydrogens is 370 g/mol. The van der Waals surface area contributed by atoms with E-state index in [0.717, 1.165) is 29.2 Å². The fraction of sp³-hybridized carbons (Fsp3) is 0.600. The summed E-state index contributed by atoms with van der Waals surface area (Å²) >= 11 is 2.25. The minimum atomic E-state index is -0.831. The Morgan fingerprint density at radius 3 is 2.89 bits per heavy atom. The molecule has 3 heterocycles. The van der Waals surface area contributed by atoms with Gasteiger partial charge in [0.05, 0.1) is 11.6 Å². The third-order valence-electron chi connectivity index (χ3n) is 3.38. The van der Waals surface area contributed by atoms with Crippen LogP contribution < -0.4 is 5.32 Å². The molecule has 0 radical (unpaired) electrons. The Bertz CT molecular complexity index is 473. The third kappa shape index (κ3) is 2.19. The van der Waals surface area contributed by atoms with Crippen molar-refractivity contribution in [2.24, 2.45) is 0 Å². The first kappa shape index (κ1) is 13.9. The SMILES string of the molecule is Cl.O=C(O)N1CC(c2nc(I)c3n2CCNC3)C1. The molecule has 0 atom stereocenters. The Kier molecular flexibility index (Phi) is 4.02. The quantitative estimate of drug-likeness (QED) is 0.711. The zero-order chi connectivity index (χ0) is 12.0. The summed E-state index contributed by atoms with van der Waals surface area (Å²) in [7, 11) is 0. The molecule has 3 rings (SSSR count). The van der Waals surface area contributed by atoms with Crippen molar-refractivity contribution in [1.82, 2.24) is 19.8 Å². The lowest BCUT2D eigenvalue weighted by Gasteiger charge is -2.37. The van der Waals surface area contributed by atoms with Crippen molar-refractivity contribution in [3.63, 3.8) is 0 Å². The predicted molar refractivity (Wildman–Crippen MR) is 76.2 cm³/mol. The molecule has 0 aliphatic carbocycles. The van der Waals surface area contributed by atoms with Gasteiger partial charge in [0.25, 0.3) is 0 Å². The fourth-order valence-corrected chi connectivity index (χ4v) is 3.13. The summed E-state index contributed by atoms with van der Waals surface area (Å²) in [5, 5.41) is 12.2. The Labute approximate surface area is 124 Å². The Morgan fingerprint density at radius 1 is 1.50 bits per heavy atom. The smallest absolute Gasteiger partial charge is 0.407 e. The van der Waals surface area contributed by atoms with Crippen molar-refractivity contribution in [3.8, 4) is 0 Å². The summed E-state index contributed by atoms with van der Waals surface area (Å²) < 4.78 is 3.29. The molecule has 0 aromatic carbocycles. The molecule has 18 heavy (non-hydrogen) atoms. The monoisotopic (exact) mass is 384 g/mol. The molecule has 0 unspecified atom stereocenters. The second-order valence-corrected chi connectivity index (χ2v) is 5.44. The predicted octanol–water partition coefficient (Wildman–Crippen LogP) is 1.09. The summed E-state index contributed by atoms with van der Waals surface area (Å²) in [4.78, 5) is 16.8. The highest BCUT2D eigenvalue weighted by atomic mass is 127. The van der Waals surface area contributed by atoms with Crippen LogP contribution in [0.2, 0.25) is 0 Å². The number of rotatable bonds is 1. The van der Waals surface area contributed by atoms with Crippen molar-refractivity contribution in [2.75, 3.05) is 19.6 Å². The van der Waals surface area contributed by atoms with Crippen LogP contribution in [-0.4, -0.2) is 45.3 Å². The van der Waals surface area contributed by atoms with Gasteiger partial charge >= 0.3 is 6.09 Å². The highest BCUT2D eigenvalue weighted by Crippen LogP contribution is 2.29. The van der Waals surface area contributed by atoms with Gasteiger partial charge in [-0.05, 0) is 22.6 Å². The van der Waals surface area contributed by atoms with Crippen molar-refractivity contribution in [2.45, 2.75) is 19.0 Å². The first-order valence-corrected chi connectivity index (χ1v) is 6.68. The minimum Gasteiger partial charge on any atom is -0.465 e. The van der Waals surface area contributed by atoms with Crippen LogP contribution in [0.4, 0.5) is 4.79 Å². The van der Waals surface area contributed by atoms with E-state index in [1.165, 1.54) is 10.6 Å². The molecule has 1 fully saturated rings. The van der Waals surface area contributed by atoms with Crippen LogP contribution in [0.5, 0.6) is 0 Å². The first-order valence-electron chi connectivity index (χ1n) is 5.60. The summed E-state index contributed by atoms with van der Waals surface area (Å²) in [6.07, 6.45) is -0.831. The molecule has 0 saturated carbocycles. The maximum atomic E-state index is 10.7. The van der Waals surface area contributed by atoms with Crippen LogP contribution in [0.3, 0.4) is 0 Å². The van der Waals surface area contributed by atoms with E-state index in [0.29, 0.717) is 13.1 Å². The molecule has 100 valence electrons. The Balaban J connectivity index is 0.00000120. The lowest BCUT2D eigenvalue weighted by atomic mass is 10.00. The van der Waals surface area contributed by atoms with Gasteiger partial charge in [-0.25, -0.2) is 9.78 Å². The number of fused-ring (bicyclic) bond motifs is 1. The number of aromatic nitrogens is 2. The van der Waals surface area contributed by atoms with E-state index in [1.807, 2.05) is 0 Å². The Morgan fingerprint density at radius 2 is 2.22 bits per heavy atom. The number of halogens is 2. The van der Waals surface area contributed by atoms with E-state index in [4.69, 9.17) is 5.11 Å². The van der Waals surface area contributed by atoms with Crippen LogP contribution in [0.1, 0.15) is 17.4 Å². The van der Waals surface area contributed by atoms with Gasteiger partial charge in [0.1, 0.15) is 9.53 Å². The van der Waals surface area contributed by atoms with Crippen LogP contribution in [0, 0.1) is 3.70 Å². The number of nitrogens with zero attached hydrogens (tertiary/aromatic N) is 3. The molecule has 0 spiro atoms. The molecule has 1 amide bonds. The van der Waals surface area contributed by atoms with Gasteiger partial charge in [0, 0.05) is 32.7 Å². The van der Waals surface area contributed by atoms with Crippen molar-refractivity contribution < 1.29 is 9.90 Å². The lowest BCUT2D eigenvalue weighted by molar-refractivity contribution is 0.102. The average Bonchev–Trinajstić information content (AvgIpc) is 2.55. The van der Waals surface area contributed by atoms with E-state index < -0.39 is 6.09 Å². The van der Waals surface area contributed by atoms with E-state index in [2.05, 4.69) is 37.5 Å². The van der Waals surface area contributed by atoms with Gasteiger partial charge in [-0.3, -0.25) is 0 Å². The number of nitrogens with one attached hydrogen (secondary N) is 1. The average molecular weight is 385 g/mol. The van der Waals surface area contributed by atoms with E-state index in [-0.39, 0.29) is 18.3 Å². The summed E-state index contributed by atoms with van der Waals surface area (Å²) in [6, 6.07) is 0. The van der Waals surface area contributed by atoms with Crippen LogP contribution in [0.15, 0.2) is 0 Å². The maximum Gasteiger partial charge on any atom is 0.407 e. The van der Waals surface area contributed by atoms with Gasteiger partial charge in [-0.2, -0.15) is 0 Å². The fourth-order valence-electron chi connectivity index (χ4n) is 2.40. The maximum absolute atomic E-state index is 10.7. The second kappa shape index (κ2) is 5.22. The molecule has 2 N–H and O–H groups in total. The summed E-state index contributed by atoms with van der Waals surface area (Å²) in [5.74, 6) is 1.33. The number of hydrogen-bond acceptors (Lipinski definition) is 3. The number of amides is 1. The van der Waals surface area contributed by atoms with Crippen molar-refractivity contribution in [3.05, 3.63) is 15.2 Å². The van der Waals surface area contributed by atoms with Gasteiger partial charge in [0.2, 0.25) is 0 Å². The number of hydrogen-bond donors (Lipinski definition) is 2. The molecule has 2 aliphatic rings. The first-order chi connectivity index (χ1) is 8.16. The van der Waals surface area contributed by atoms with E-state index in [9.17, 15) is 4.79 Å². The van der Waals surface area contributed by atoms with Crippen LogP contribution >= 0.6 is 35.0 Å². The zero-order valence-corrected chi connectivity index (χ0v) is 12.6. The highest BCUT2D eigenvalue weighted by molar-refractivity contribution is 14.1. The largest absolute Gasteiger partial charge is 0.465 e. The van der Waals surface area contributed by atoms with Crippen molar-refractivity contribution in [1.29, 1.82) is 0 Å². The van der Waals surface area contributed by atoms with E-state index >= 15 is 0 Å². The van der Waals surface area contributed by atoms with Gasteiger partial charge < -0.3 is 19.9 Å². The molecule has 6 nitrogen and oxygen atoms in total. The molecule has 1 aromatic heterocycles. The number of imidazole rings is 1. The number of carbonyl (C=O) groups is 1. The lowest BCUT2D eigenvalue weighted by Crippen LogP contribution is -2.49. The number of likely N-dealkylation sites (tertiary alicyclic amines) is 1. The van der Waals surface area contributed by atoms with E-state index in [1.54, 1.807) is 0 Å². The molecule has 8 heteroatoms.